The number of carbonyl (C=O) groups excluding carboxylic acids is 1. The van der Waals surface area contributed by atoms with Gasteiger partial charge in [-0.05, 0) is 36.6 Å². The van der Waals surface area contributed by atoms with Crippen molar-refractivity contribution < 1.29 is 13.2 Å². The Balaban J connectivity index is 1.70. The van der Waals surface area contributed by atoms with Crippen LogP contribution >= 0.6 is 23.2 Å². The first-order valence-corrected chi connectivity index (χ1v) is 11.8. The van der Waals surface area contributed by atoms with Gasteiger partial charge in [0.15, 0.2) is 0 Å². The lowest BCUT2D eigenvalue weighted by Crippen LogP contribution is -2.30. The molecule has 32 heavy (non-hydrogen) atoms. The third kappa shape index (κ3) is 5.95. The molecular formula is C21H20Cl2N4O4S. The topological polar surface area (TPSA) is 110 Å². The highest BCUT2D eigenvalue weighted by Crippen LogP contribution is 2.20. The van der Waals surface area contributed by atoms with E-state index in [4.69, 9.17) is 23.2 Å². The number of anilines is 1. The van der Waals surface area contributed by atoms with Gasteiger partial charge in [-0.15, -0.1) is 0 Å². The summed E-state index contributed by atoms with van der Waals surface area (Å²) in [4.78, 5) is 24.4. The van der Waals surface area contributed by atoms with Crippen LogP contribution in [-0.4, -0.2) is 30.7 Å². The second-order valence-corrected chi connectivity index (χ2v) is 9.45. The van der Waals surface area contributed by atoms with Gasteiger partial charge in [-0.2, -0.15) is 5.10 Å². The molecule has 0 aliphatic heterocycles. The number of rotatable bonds is 8. The number of aryl methyl sites for hydroxylation is 1. The second kappa shape index (κ2) is 10.3. The van der Waals surface area contributed by atoms with Crippen LogP contribution in [0.15, 0.2) is 64.4 Å². The molecule has 2 aromatic carbocycles. The molecular weight excluding hydrogens is 475 g/mol. The summed E-state index contributed by atoms with van der Waals surface area (Å²) in [6.07, 6.45) is 1.71. The number of benzene rings is 2. The number of hydrogen-bond donors (Lipinski definition) is 2. The third-order valence-corrected chi connectivity index (χ3v) is 6.90. The van der Waals surface area contributed by atoms with Gasteiger partial charge in [0.2, 0.25) is 15.9 Å². The number of hydrogen-bond acceptors (Lipinski definition) is 5. The Hall–Kier alpha value is -2.72. The van der Waals surface area contributed by atoms with Crippen LogP contribution in [0.25, 0.3) is 0 Å². The Morgan fingerprint density at radius 3 is 2.56 bits per heavy atom. The monoisotopic (exact) mass is 494 g/mol. The van der Waals surface area contributed by atoms with E-state index in [1.54, 1.807) is 19.1 Å². The summed E-state index contributed by atoms with van der Waals surface area (Å²) < 4.78 is 29.0. The molecule has 1 heterocycles. The Labute approximate surface area is 195 Å². The SMILES string of the molecule is Cc1ccc(NC(=O)Cn2ncc(Cl)c(Cl)c2=O)cc1S(=O)(=O)NCCc1ccccc1. The van der Waals surface area contributed by atoms with Crippen molar-refractivity contribution in [3.8, 4) is 0 Å². The van der Waals surface area contributed by atoms with Crippen LogP contribution in [0.4, 0.5) is 5.69 Å². The normalized spacial score (nSPS) is 11.3. The second-order valence-electron chi connectivity index (χ2n) is 6.93. The van der Waals surface area contributed by atoms with Crippen molar-refractivity contribution in [3.63, 3.8) is 0 Å². The first-order chi connectivity index (χ1) is 15.2. The van der Waals surface area contributed by atoms with Crippen molar-refractivity contribution in [3.05, 3.63) is 86.3 Å². The Morgan fingerprint density at radius 1 is 1.12 bits per heavy atom. The maximum Gasteiger partial charge on any atom is 0.287 e. The summed E-state index contributed by atoms with van der Waals surface area (Å²) in [5.74, 6) is -0.581. The van der Waals surface area contributed by atoms with Crippen molar-refractivity contribution >= 4 is 44.8 Å². The molecule has 0 bridgehead atoms. The number of sulfonamides is 1. The summed E-state index contributed by atoms with van der Waals surface area (Å²) in [6.45, 7) is 1.48. The fourth-order valence-corrected chi connectivity index (χ4v) is 4.48. The van der Waals surface area contributed by atoms with E-state index in [0.29, 0.717) is 12.0 Å². The predicted octanol–water partition coefficient (Wildman–Crippen LogP) is 3.02. The van der Waals surface area contributed by atoms with Crippen LogP contribution in [0.2, 0.25) is 10.0 Å². The molecule has 0 aliphatic rings. The highest BCUT2D eigenvalue weighted by Gasteiger charge is 2.18. The lowest BCUT2D eigenvalue weighted by atomic mass is 10.2. The molecule has 0 spiro atoms. The van der Waals surface area contributed by atoms with E-state index in [1.807, 2.05) is 30.3 Å². The molecule has 1 amide bonds. The molecule has 0 aliphatic carbocycles. The summed E-state index contributed by atoms with van der Waals surface area (Å²) in [6, 6.07) is 14.0. The Kier molecular flexibility index (Phi) is 7.68. The van der Waals surface area contributed by atoms with E-state index in [1.165, 1.54) is 6.07 Å². The molecule has 0 atom stereocenters. The van der Waals surface area contributed by atoms with Crippen molar-refractivity contribution in [2.45, 2.75) is 24.8 Å². The van der Waals surface area contributed by atoms with Gasteiger partial charge in [0.05, 0.1) is 16.1 Å². The van der Waals surface area contributed by atoms with Gasteiger partial charge in [0, 0.05) is 12.2 Å². The fraction of sp³-hybridized carbons (Fsp3) is 0.190. The molecule has 11 heteroatoms. The summed E-state index contributed by atoms with van der Waals surface area (Å²) >= 11 is 11.5. The minimum absolute atomic E-state index is 0.0125. The zero-order valence-corrected chi connectivity index (χ0v) is 19.3. The Morgan fingerprint density at radius 2 is 1.84 bits per heavy atom. The Bertz CT molecular complexity index is 1290. The van der Waals surface area contributed by atoms with Crippen molar-refractivity contribution in [2.24, 2.45) is 0 Å². The zero-order chi connectivity index (χ0) is 23.3. The standard InChI is InChI=1S/C21H20Cl2N4O4S/c1-14-7-8-16(26-19(28)13-27-21(29)20(23)17(22)12-24-27)11-18(14)32(30,31)25-10-9-15-5-3-2-4-6-15/h2-8,11-12,25H,9-10,13H2,1H3,(H,26,28). The number of amides is 1. The maximum atomic E-state index is 12.8. The minimum atomic E-state index is -3.80. The van der Waals surface area contributed by atoms with E-state index in [2.05, 4.69) is 15.1 Å². The van der Waals surface area contributed by atoms with Gasteiger partial charge < -0.3 is 5.32 Å². The van der Waals surface area contributed by atoms with Gasteiger partial charge in [0.1, 0.15) is 11.6 Å². The molecule has 3 rings (SSSR count). The molecule has 8 nitrogen and oxygen atoms in total. The molecule has 3 aromatic rings. The van der Waals surface area contributed by atoms with E-state index >= 15 is 0 Å². The van der Waals surface area contributed by atoms with Crippen LogP contribution in [-0.2, 0) is 27.8 Å². The molecule has 0 radical (unpaired) electrons. The van der Waals surface area contributed by atoms with Crippen LogP contribution in [0.3, 0.4) is 0 Å². The largest absolute Gasteiger partial charge is 0.324 e. The van der Waals surface area contributed by atoms with Crippen molar-refractivity contribution in [1.82, 2.24) is 14.5 Å². The quantitative estimate of drug-likeness (QED) is 0.499. The molecule has 0 saturated carbocycles. The molecule has 0 unspecified atom stereocenters. The molecule has 0 fully saturated rings. The van der Waals surface area contributed by atoms with Crippen LogP contribution < -0.4 is 15.6 Å². The summed E-state index contributed by atoms with van der Waals surface area (Å²) in [5.41, 5.74) is 1.10. The number of nitrogens with one attached hydrogen (secondary N) is 2. The van der Waals surface area contributed by atoms with Crippen molar-refractivity contribution in [1.29, 1.82) is 0 Å². The van der Waals surface area contributed by atoms with E-state index in [-0.39, 0.29) is 27.2 Å². The lowest BCUT2D eigenvalue weighted by molar-refractivity contribution is -0.117. The highest BCUT2D eigenvalue weighted by atomic mass is 35.5. The zero-order valence-electron chi connectivity index (χ0n) is 17.0. The number of halogens is 2. The minimum Gasteiger partial charge on any atom is -0.324 e. The lowest BCUT2D eigenvalue weighted by Gasteiger charge is -2.12. The van der Waals surface area contributed by atoms with Crippen LogP contribution in [0.1, 0.15) is 11.1 Å². The molecule has 1 aromatic heterocycles. The van der Waals surface area contributed by atoms with Gasteiger partial charge in [-0.1, -0.05) is 59.6 Å². The first kappa shape index (κ1) is 23.9. The van der Waals surface area contributed by atoms with Gasteiger partial charge in [0.25, 0.3) is 5.56 Å². The van der Waals surface area contributed by atoms with E-state index in [9.17, 15) is 18.0 Å². The summed E-state index contributed by atoms with van der Waals surface area (Å²) in [5, 5.41) is 6.09. The fourth-order valence-electron chi connectivity index (χ4n) is 2.91. The first-order valence-electron chi connectivity index (χ1n) is 9.52. The van der Waals surface area contributed by atoms with Gasteiger partial charge in [-0.3, -0.25) is 9.59 Å². The van der Waals surface area contributed by atoms with Crippen LogP contribution in [0.5, 0.6) is 0 Å². The van der Waals surface area contributed by atoms with E-state index < -0.39 is 28.0 Å². The number of aromatic nitrogens is 2. The van der Waals surface area contributed by atoms with Gasteiger partial charge >= 0.3 is 0 Å². The third-order valence-electron chi connectivity index (χ3n) is 4.55. The van der Waals surface area contributed by atoms with Gasteiger partial charge in [-0.25, -0.2) is 17.8 Å². The predicted molar refractivity (Wildman–Crippen MR) is 124 cm³/mol. The average molecular weight is 495 g/mol. The number of nitrogens with zero attached hydrogens (tertiary/aromatic N) is 2. The van der Waals surface area contributed by atoms with Crippen LogP contribution in [0, 0.1) is 6.92 Å². The number of carbonyl (C=O) groups is 1. The molecule has 0 saturated heterocycles. The highest BCUT2D eigenvalue weighted by molar-refractivity contribution is 7.89. The van der Waals surface area contributed by atoms with E-state index in [0.717, 1.165) is 16.4 Å². The molecule has 2 N–H and O–H groups in total. The van der Waals surface area contributed by atoms with Crippen molar-refractivity contribution in [2.75, 3.05) is 11.9 Å². The maximum absolute atomic E-state index is 12.8. The average Bonchev–Trinajstić information content (AvgIpc) is 2.76. The smallest absolute Gasteiger partial charge is 0.287 e. The summed E-state index contributed by atoms with van der Waals surface area (Å²) in [7, 11) is -3.80. The molecule has 168 valence electrons.